The lowest BCUT2D eigenvalue weighted by atomic mass is 10.1. The van der Waals surface area contributed by atoms with Crippen molar-refractivity contribution in [2.75, 3.05) is 19.5 Å². The molecule has 2 N–H and O–H groups in total. The minimum absolute atomic E-state index is 0.0498. The number of benzene rings is 1. The lowest BCUT2D eigenvalue weighted by molar-refractivity contribution is -0.140. The molecule has 1 aromatic rings. The molecule has 1 aliphatic carbocycles. The van der Waals surface area contributed by atoms with E-state index in [2.05, 4.69) is 14.8 Å². The van der Waals surface area contributed by atoms with Crippen LogP contribution in [0.2, 0.25) is 0 Å². The number of nitrogens with one attached hydrogen (secondary N) is 1. The van der Waals surface area contributed by atoms with Crippen LogP contribution in [0.5, 0.6) is 0 Å². The molecule has 1 fully saturated rings. The molecule has 0 heterocycles. The Bertz CT molecular complexity index is 753. The van der Waals surface area contributed by atoms with E-state index in [1.54, 1.807) is 13.8 Å². The molecule has 0 spiro atoms. The van der Waals surface area contributed by atoms with Gasteiger partial charge >= 0.3 is 17.9 Å². The highest BCUT2D eigenvalue weighted by Gasteiger charge is 2.65. The number of aliphatic carboxylic acids is 1. The Morgan fingerprint density at radius 2 is 1.64 bits per heavy atom. The predicted molar refractivity (Wildman–Crippen MR) is 86.1 cm³/mol. The standard InChI is InChI=1S/C17H19NO7/c1-17(2)11(12(17)14(20)21)13(19)18-10-7-8(15(22)24-3)5-6-9(10)16(23)25-4/h5-7,11-12H,1-4H3,(H,18,19)(H,20,21)/t11-,12+/m0/s1. The summed E-state index contributed by atoms with van der Waals surface area (Å²) in [6.07, 6.45) is 0. The maximum Gasteiger partial charge on any atom is 0.339 e. The Labute approximate surface area is 144 Å². The van der Waals surface area contributed by atoms with E-state index in [1.807, 2.05) is 0 Å². The first-order chi connectivity index (χ1) is 11.6. The van der Waals surface area contributed by atoms with Crippen molar-refractivity contribution >= 4 is 29.5 Å². The van der Waals surface area contributed by atoms with Gasteiger partial charge in [0.05, 0.1) is 42.9 Å². The molecule has 0 unspecified atom stereocenters. The van der Waals surface area contributed by atoms with Crippen molar-refractivity contribution in [1.82, 2.24) is 0 Å². The topological polar surface area (TPSA) is 119 Å². The summed E-state index contributed by atoms with van der Waals surface area (Å²) in [5.74, 6) is -4.47. The van der Waals surface area contributed by atoms with Crippen molar-refractivity contribution in [3.8, 4) is 0 Å². The third-order valence-electron chi connectivity index (χ3n) is 4.48. The van der Waals surface area contributed by atoms with E-state index in [-0.39, 0.29) is 16.8 Å². The number of anilines is 1. The van der Waals surface area contributed by atoms with Crippen LogP contribution >= 0.6 is 0 Å². The molecule has 0 aromatic heterocycles. The minimum atomic E-state index is -1.05. The minimum Gasteiger partial charge on any atom is -0.481 e. The van der Waals surface area contributed by atoms with E-state index in [1.165, 1.54) is 32.4 Å². The van der Waals surface area contributed by atoms with Crippen LogP contribution in [0, 0.1) is 17.3 Å². The molecule has 2 rings (SSSR count). The summed E-state index contributed by atoms with van der Waals surface area (Å²) in [4.78, 5) is 47.2. The highest BCUT2D eigenvalue weighted by Crippen LogP contribution is 2.58. The Morgan fingerprint density at radius 3 is 2.12 bits per heavy atom. The average Bonchev–Trinajstić information content (AvgIpc) is 3.16. The molecule has 8 heteroatoms. The second kappa shape index (κ2) is 6.54. The lowest BCUT2D eigenvalue weighted by Gasteiger charge is -2.12. The summed E-state index contributed by atoms with van der Waals surface area (Å²) in [6, 6.07) is 4.00. The van der Waals surface area contributed by atoms with Crippen molar-refractivity contribution in [3.63, 3.8) is 0 Å². The van der Waals surface area contributed by atoms with E-state index in [0.29, 0.717) is 0 Å². The van der Waals surface area contributed by atoms with Crippen LogP contribution in [0.25, 0.3) is 0 Å². The van der Waals surface area contributed by atoms with Crippen molar-refractivity contribution in [1.29, 1.82) is 0 Å². The first-order valence-electron chi connectivity index (χ1n) is 7.49. The van der Waals surface area contributed by atoms with Crippen LogP contribution < -0.4 is 5.32 Å². The maximum atomic E-state index is 12.5. The van der Waals surface area contributed by atoms with Crippen molar-refractivity contribution in [2.24, 2.45) is 17.3 Å². The highest BCUT2D eigenvalue weighted by atomic mass is 16.5. The summed E-state index contributed by atoms with van der Waals surface area (Å²) in [6.45, 7) is 3.37. The maximum absolute atomic E-state index is 12.5. The van der Waals surface area contributed by atoms with Gasteiger partial charge in [-0.15, -0.1) is 0 Å². The Kier molecular flexibility index (Phi) is 4.82. The van der Waals surface area contributed by atoms with Crippen LogP contribution in [0.15, 0.2) is 18.2 Å². The molecular weight excluding hydrogens is 330 g/mol. The quantitative estimate of drug-likeness (QED) is 0.774. The molecule has 1 saturated carbocycles. The molecule has 8 nitrogen and oxygen atoms in total. The number of ether oxygens (including phenoxy) is 2. The van der Waals surface area contributed by atoms with E-state index >= 15 is 0 Å². The van der Waals surface area contributed by atoms with E-state index in [0.717, 1.165) is 0 Å². The van der Waals surface area contributed by atoms with Crippen LogP contribution in [-0.4, -0.2) is 43.1 Å². The van der Waals surface area contributed by atoms with Gasteiger partial charge in [0.1, 0.15) is 0 Å². The first-order valence-corrected chi connectivity index (χ1v) is 7.49. The Morgan fingerprint density at radius 1 is 1.04 bits per heavy atom. The van der Waals surface area contributed by atoms with Gasteiger partial charge in [0, 0.05) is 0 Å². The number of amides is 1. The van der Waals surface area contributed by atoms with Crippen molar-refractivity contribution < 1.29 is 33.8 Å². The molecule has 2 atom stereocenters. The van der Waals surface area contributed by atoms with Gasteiger partial charge in [-0.05, 0) is 23.6 Å². The predicted octanol–water partition coefficient (Wildman–Crippen LogP) is 1.56. The van der Waals surface area contributed by atoms with Gasteiger partial charge in [-0.1, -0.05) is 13.8 Å². The molecule has 0 aliphatic heterocycles. The lowest BCUT2D eigenvalue weighted by Crippen LogP contribution is -2.20. The number of methoxy groups -OCH3 is 2. The zero-order chi connectivity index (χ0) is 18.9. The van der Waals surface area contributed by atoms with Gasteiger partial charge in [-0.25, -0.2) is 9.59 Å². The Balaban J connectivity index is 2.33. The van der Waals surface area contributed by atoms with Crippen molar-refractivity contribution in [2.45, 2.75) is 13.8 Å². The molecule has 1 aromatic carbocycles. The normalized spacial score (nSPS) is 20.3. The first kappa shape index (κ1) is 18.4. The SMILES string of the molecule is COC(=O)c1ccc(C(=O)OC)c(NC(=O)[C@@H]2[C@H](C(=O)O)C2(C)C)c1. The number of carbonyl (C=O) groups excluding carboxylic acids is 3. The van der Waals surface area contributed by atoms with Crippen LogP contribution in [0.1, 0.15) is 34.6 Å². The van der Waals surface area contributed by atoms with Crippen LogP contribution in [0.3, 0.4) is 0 Å². The number of carbonyl (C=O) groups is 4. The number of hydrogen-bond acceptors (Lipinski definition) is 6. The molecule has 0 radical (unpaired) electrons. The van der Waals surface area contributed by atoms with E-state index in [4.69, 9.17) is 0 Å². The smallest absolute Gasteiger partial charge is 0.339 e. The van der Waals surface area contributed by atoms with Crippen molar-refractivity contribution in [3.05, 3.63) is 29.3 Å². The number of esters is 2. The van der Waals surface area contributed by atoms with E-state index < -0.39 is 41.1 Å². The fourth-order valence-corrected chi connectivity index (χ4v) is 2.98. The Hall–Kier alpha value is -2.90. The molecule has 134 valence electrons. The largest absolute Gasteiger partial charge is 0.481 e. The fourth-order valence-electron chi connectivity index (χ4n) is 2.98. The fraction of sp³-hybridized carbons (Fsp3) is 0.412. The summed E-state index contributed by atoms with van der Waals surface area (Å²) < 4.78 is 9.28. The summed E-state index contributed by atoms with van der Waals surface area (Å²) in [5.41, 5.74) is -0.447. The molecular formula is C17H19NO7. The van der Waals surface area contributed by atoms with Gasteiger partial charge in [-0.2, -0.15) is 0 Å². The second-order valence-electron chi connectivity index (χ2n) is 6.35. The summed E-state index contributed by atoms with van der Waals surface area (Å²) in [5, 5.41) is 11.7. The van der Waals surface area contributed by atoms with Crippen LogP contribution in [-0.2, 0) is 19.1 Å². The van der Waals surface area contributed by atoms with Crippen LogP contribution in [0.4, 0.5) is 5.69 Å². The van der Waals surface area contributed by atoms with Gasteiger partial charge < -0.3 is 19.9 Å². The third-order valence-corrected chi connectivity index (χ3v) is 4.48. The monoisotopic (exact) mass is 349 g/mol. The second-order valence-corrected chi connectivity index (χ2v) is 6.35. The zero-order valence-electron chi connectivity index (χ0n) is 14.3. The summed E-state index contributed by atoms with van der Waals surface area (Å²) >= 11 is 0. The number of carboxylic acids is 1. The third kappa shape index (κ3) is 3.33. The van der Waals surface area contributed by atoms with Gasteiger partial charge in [0.2, 0.25) is 5.91 Å². The van der Waals surface area contributed by atoms with Gasteiger partial charge in [-0.3, -0.25) is 9.59 Å². The molecule has 1 aliphatic rings. The van der Waals surface area contributed by atoms with E-state index in [9.17, 15) is 24.3 Å². The molecule has 0 bridgehead atoms. The number of rotatable bonds is 5. The van der Waals surface area contributed by atoms with Gasteiger partial charge in [0.25, 0.3) is 0 Å². The molecule has 0 saturated heterocycles. The average molecular weight is 349 g/mol. The number of hydrogen-bond donors (Lipinski definition) is 2. The summed E-state index contributed by atoms with van der Waals surface area (Å²) in [7, 11) is 2.39. The van der Waals surface area contributed by atoms with Gasteiger partial charge in [0.15, 0.2) is 0 Å². The highest BCUT2D eigenvalue weighted by molar-refractivity contribution is 6.06. The zero-order valence-corrected chi connectivity index (χ0v) is 14.3. The molecule has 25 heavy (non-hydrogen) atoms. The number of carboxylic acid groups (broad SMARTS) is 1. The molecule has 1 amide bonds.